The van der Waals surface area contributed by atoms with E-state index in [1.165, 1.54) is 0 Å². The summed E-state index contributed by atoms with van der Waals surface area (Å²) in [5, 5.41) is 2.88. The van der Waals surface area contributed by atoms with Crippen molar-refractivity contribution in [1.82, 2.24) is 4.90 Å². The predicted molar refractivity (Wildman–Crippen MR) is 94.1 cm³/mol. The van der Waals surface area contributed by atoms with Crippen molar-refractivity contribution in [1.29, 1.82) is 0 Å². The number of nitrogens with one attached hydrogen (secondary N) is 1. The molecule has 130 valence electrons. The number of ether oxygens (including phenoxy) is 2. The van der Waals surface area contributed by atoms with Gasteiger partial charge in [0.1, 0.15) is 18.0 Å². The van der Waals surface area contributed by atoms with Crippen molar-refractivity contribution in [3.63, 3.8) is 0 Å². The molecule has 0 aliphatic carbocycles. The summed E-state index contributed by atoms with van der Waals surface area (Å²) in [7, 11) is 1.55. The molecule has 5 heteroatoms. The van der Waals surface area contributed by atoms with Gasteiger partial charge in [0.05, 0.1) is 0 Å². The quantitative estimate of drug-likeness (QED) is 0.719. The highest BCUT2D eigenvalue weighted by Gasteiger charge is 2.30. The summed E-state index contributed by atoms with van der Waals surface area (Å²) in [5.41, 5.74) is -0.0679. The van der Waals surface area contributed by atoms with Gasteiger partial charge in [0, 0.05) is 19.3 Å². The number of rotatable bonds is 10. The Labute approximate surface area is 140 Å². The Hall–Kier alpha value is -1.59. The van der Waals surface area contributed by atoms with Crippen LogP contribution in [0.3, 0.4) is 0 Å². The SMILES string of the molecule is CCN(CC)CCOc1ccc(NC(=O)C(C)(CC)OC)cc1. The summed E-state index contributed by atoms with van der Waals surface area (Å²) in [6, 6.07) is 7.43. The fourth-order valence-corrected chi connectivity index (χ4v) is 2.13. The van der Waals surface area contributed by atoms with Gasteiger partial charge in [-0.2, -0.15) is 0 Å². The molecule has 1 unspecified atom stereocenters. The number of hydrogen-bond donors (Lipinski definition) is 1. The number of carbonyl (C=O) groups excluding carboxylic acids is 1. The van der Waals surface area contributed by atoms with Crippen molar-refractivity contribution in [2.24, 2.45) is 0 Å². The summed E-state index contributed by atoms with van der Waals surface area (Å²) in [6.07, 6.45) is 0.613. The van der Waals surface area contributed by atoms with Gasteiger partial charge in [-0.1, -0.05) is 20.8 Å². The second kappa shape index (κ2) is 9.53. The van der Waals surface area contributed by atoms with Crippen LogP contribution in [0.2, 0.25) is 0 Å². The lowest BCUT2D eigenvalue weighted by molar-refractivity contribution is -0.136. The second-order valence-corrected chi connectivity index (χ2v) is 5.64. The van der Waals surface area contributed by atoms with Crippen LogP contribution in [-0.4, -0.2) is 49.8 Å². The van der Waals surface area contributed by atoms with E-state index >= 15 is 0 Å². The molecule has 0 saturated carbocycles. The molecule has 1 amide bonds. The molecule has 1 atom stereocenters. The average Bonchev–Trinajstić information content (AvgIpc) is 2.59. The molecule has 1 rings (SSSR count). The monoisotopic (exact) mass is 322 g/mol. The van der Waals surface area contributed by atoms with Gasteiger partial charge in [-0.3, -0.25) is 4.79 Å². The van der Waals surface area contributed by atoms with Crippen LogP contribution >= 0.6 is 0 Å². The van der Waals surface area contributed by atoms with Crippen LogP contribution in [0.1, 0.15) is 34.1 Å². The van der Waals surface area contributed by atoms with E-state index in [9.17, 15) is 4.79 Å². The Morgan fingerprint density at radius 1 is 1.17 bits per heavy atom. The molecular weight excluding hydrogens is 292 g/mol. The Bertz CT molecular complexity index is 466. The smallest absolute Gasteiger partial charge is 0.256 e. The van der Waals surface area contributed by atoms with Gasteiger partial charge in [0.25, 0.3) is 5.91 Å². The zero-order valence-electron chi connectivity index (χ0n) is 15.0. The molecule has 0 saturated heterocycles. The van der Waals surface area contributed by atoms with Crippen LogP contribution in [0.25, 0.3) is 0 Å². The van der Waals surface area contributed by atoms with E-state index in [2.05, 4.69) is 24.1 Å². The Kier molecular flexibility index (Phi) is 8.06. The molecule has 0 radical (unpaired) electrons. The van der Waals surface area contributed by atoms with Crippen LogP contribution in [0.15, 0.2) is 24.3 Å². The van der Waals surface area contributed by atoms with Gasteiger partial charge in [-0.15, -0.1) is 0 Å². The van der Waals surface area contributed by atoms with Crippen molar-refractivity contribution >= 4 is 11.6 Å². The van der Waals surface area contributed by atoms with E-state index in [1.807, 2.05) is 31.2 Å². The molecule has 5 nitrogen and oxygen atoms in total. The molecule has 1 aromatic rings. The second-order valence-electron chi connectivity index (χ2n) is 5.64. The summed E-state index contributed by atoms with van der Waals surface area (Å²) < 4.78 is 11.0. The highest BCUT2D eigenvalue weighted by atomic mass is 16.5. The minimum atomic E-state index is -0.807. The van der Waals surface area contributed by atoms with E-state index in [1.54, 1.807) is 14.0 Å². The molecule has 0 spiro atoms. The van der Waals surface area contributed by atoms with E-state index in [0.717, 1.165) is 31.1 Å². The first-order valence-corrected chi connectivity index (χ1v) is 8.30. The van der Waals surface area contributed by atoms with Crippen molar-refractivity contribution in [2.45, 2.75) is 39.7 Å². The number of methoxy groups -OCH3 is 1. The number of carbonyl (C=O) groups is 1. The minimum Gasteiger partial charge on any atom is -0.492 e. The minimum absolute atomic E-state index is 0.141. The van der Waals surface area contributed by atoms with Crippen molar-refractivity contribution in [2.75, 3.05) is 38.7 Å². The lowest BCUT2D eigenvalue weighted by Crippen LogP contribution is -2.41. The molecule has 0 aliphatic heterocycles. The van der Waals surface area contributed by atoms with Gasteiger partial charge in [0.15, 0.2) is 0 Å². The number of likely N-dealkylation sites (N-methyl/N-ethyl adjacent to an activating group) is 1. The standard InChI is InChI=1S/C18H30N2O3/c1-6-18(4,22-5)17(21)19-15-9-11-16(12-10-15)23-14-13-20(7-2)8-3/h9-12H,6-8,13-14H2,1-5H3,(H,19,21). The fraction of sp³-hybridized carbons (Fsp3) is 0.611. The molecule has 1 N–H and O–H groups in total. The third kappa shape index (κ3) is 5.84. The Balaban J connectivity index is 2.52. The van der Waals surface area contributed by atoms with Crippen LogP contribution in [-0.2, 0) is 9.53 Å². The number of amides is 1. The van der Waals surface area contributed by atoms with E-state index in [4.69, 9.17) is 9.47 Å². The molecule has 23 heavy (non-hydrogen) atoms. The summed E-state index contributed by atoms with van der Waals surface area (Å²) in [4.78, 5) is 14.5. The first-order chi connectivity index (χ1) is 11.0. The van der Waals surface area contributed by atoms with Crippen molar-refractivity contribution < 1.29 is 14.3 Å². The summed E-state index contributed by atoms with van der Waals surface area (Å²) in [5.74, 6) is 0.665. The number of benzene rings is 1. The molecule has 0 aromatic heterocycles. The maximum atomic E-state index is 12.2. The van der Waals surface area contributed by atoms with Gasteiger partial charge < -0.3 is 19.7 Å². The molecule has 1 aromatic carbocycles. The third-order valence-electron chi connectivity index (χ3n) is 4.29. The molecule has 0 heterocycles. The number of hydrogen-bond acceptors (Lipinski definition) is 4. The maximum absolute atomic E-state index is 12.2. The van der Waals surface area contributed by atoms with Crippen molar-refractivity contribution in [3.8, 4) is 5.75 Å². The summed E-state index contributed by atoms with van der Waals surface area (Å²) >= 11 is 0. The zero-order chi connectivity index (χ0) is 17.3. The van der Waals surface area contributed by atoms with Crippen LogP contribution < -0.4 is 10.1 Å². The predicted octanol–water partition coefficient (Wildman–Crippen LogP) is 3.16. The van der Waals surface area contributed by atoms with Crippen LogP contribution in [0.4, 0.5) is 5.69 Å². The Morgan fingerprint density at radius 2 is 1.78 bits per heavy atom. The van der Waals surface area contributed by atoms with Crippen molar-refractivity contribution in [3.05, 3.63) is 24.3 Å². The average molecular weight is 322 g/mol. The first-order valence-electron chi connectivity index (χ1n) is 8.30. The molecule has 0 fully saturated rings. The van der Waals surface area contributed by atoms with Crippen LogP contribution in [0, 0.1) is 0 Å². The van der Waals surface area contributed by atoms with E-state index in [-0.39, 0.29) is 5.91 Å². The Morgan fingerprint density at radius 3 is 2.26 bits per heavy atom. The maximum Gasteiger partial charge on any atom is 0.256 e. The van der Waals surface area contributed by atoms with Crippen LogP contribution in [0.5, 0.6) is 5.75 Å². The van der Waals surface area contributed by atoms with E-state index < -0.39 is 5.60 Å². The number of nitrogens with zero attached hydrogens (tertiary/aromatic N) is 1. The topological polar surface area (TPSA) is 50.8 Å². The lowest BCUT2D eigenvalue weighted by atomic mass is 10.0. The lowest BCUT2D eigenvalue weighted by Gasteiger charge is -2.25. The normalized spacial score (nSPS) is 13.7. The first kappa shape index (κ1) is 19.5. The molecule has 0 bridgehead atoms. The van der Waals surface area contributed by atoms with Gasteiger partial charge >= 0.3 is 0 Å². The highest BCUT2D eigenvalue weighted by molar-refractivity contribution is 5.97. The fourth-order valence-electron chi connectivity index (χ4n) is 2.13. The molecular formula is C18H30N2O3. The zero-order valence-corrected chi connectivity index (χ0v) is 15.0. The summed E-state index contributed by atoms with van der Waals surface area (Å²) in [6.45, 7) is 11.6. The van der Waals surface area contributed by atoms with Gasteiger partial charge in [-0.25, -0.2) is 0 Å². The van der Waals surface area contributed by atoms with Gasteiger partial charge in [0.2, 0.25) is 0 Å². The number of anilines is 1. The third-order valence-corrected chi connectivity index (χ3v) is 4.29. The highest BCUT2D eigenvalue weighted by Crippen LogP contribution is 2.20. The van der Waals surface area contributed by atoms with Gasteiger partial charge in [-0.05, 0) is 50.7 Å². The van der Waals surface area contributed by atoms with E-state index in [0.29, 0.717) is 13.0 Å². The molecule has 0 aliphatic rings. The largest absolute Gasteiger partial charge is 0.492 e.